The van der Waals surface area contributed by atoms with Crippen molar-refractivity contribution >= 4 is 23.2 Å². The van der Waals surface area contributed by atoms with Crippen molar-refractivity contribution in [3.05, 3.63) is 40.9 Å². The van der Waals surface area contributed by atoms with Gasteiger partial charge in [-0.05, 0) is 44.4 Å². The summed E-state index contributed by atoms with van der Waals surface area (Å²) in [5, 5.41) is 16.6. The predicted octanol–water partition coefficient (Wildman–Crippen LogP) is 3.03. The predicted molar refractivity (Wildman–Crippen MR) is 122 cm³/mol. The molecule has 0 saturated carbocycles. The fourth-order valence-electron chi connectivity index (χ4n) is 4.30. The number of aliphatic imine (C=N–C) groups is 1. The SMILES string of the molecule is CCNC(=NCCc1nnc2n1CCCCC2)NC1CCN(c2cccc(Cl)c2)C1. The van der Waals surface area contributed by atoms with Crippen LogP contribution in [-0.2, 0) is 19.4 Å². The summed E-state index contributed by atoms with van der Waals surface area (Å²) in [5.74, 6) is 3.09. The number of nitrogens with zero attached hydrogens (tertiary/aromatic N) is 5. The molecule has 1 aromatic heterocycles. The lowest BCUT2D eigenvalue weighted by atomic mass is 10.2. The zero-order valence-electron chi connectivity index (χ0n) is 17.8. The third kappa shape index (κ3) is 5.25. The van der Waals surface area contributed by atoms with Gasteiger partial charge in [-0.25, -0.2) is 0 Å². The lowest BCUT2D eigenvalue weighted by molar-refractivity contribution is 0.603. The number of fused-ring (bicyclic) bond motifs is 1. The molecular formula is C22H32ClN7. The number of guanidine groups is 1. The molecule has 2 aromatic rings. The van der Waals surface area contributed by atoms with Crippen molar-refractivity contribution in [2.24, 2.45) is 4.99 Å². The number of hydrogen-bond donors (Lipinski definition) is 2. The number of aryl methyl sites for hydroxylation is 1. The molecule has 1 fully saturated rings. The van der Waals surface area contributed by atoms with Crippen LogP contribution in [0.1, 0.15) is 44.3 Å². The molecule has 7 nitrogen and oxygen atoms in total. The van der Waals surface area contributed by atoms with Gasteiger partial charge in [0.05, 0.1) is 0 Å². The van der Waals surface area contributed by atoms with E-state index >= 15 is 0 Å². The fourth-order valence-corrected chi connectivity index (χ4v) is 4.48. The maximum absolute atomic E-state index is 6.16. The van der Waals surface area contributed by atoms with Gasteiger partial charge >= 0.3 is 0 Å². The Morgan fingerprint density at radius 1 is 1.23 bits per heavy atom. The number of nitrogens with one attached hydrogen (secondary N) is 2. The Balaban J connectivity index is 1.33. The second kappa shape index (κ2) is 10.2. The normalized spacial score (nSPS) is 19.5. The molecule has 0 amide bonds. The van der Waals surface area contributed by atoms with Crippen molar-refractivity contribution in [1.82, 2.24) is 25.4 Å². The summed E-state index contributed by atoms with van der Waals surface area (Å²) in [6, 6.07) is 8.45. The Hall–Kier alpha value is -2.28. The molecule has 3 heterocycles. The summed E-state index contributed by atoms with van der Waals surface area (Å²) in [6.07, 6.45) is 6.67. The van der Waals surface area contributed by atoms with Gasteiger partial charge in [0.15, 0.2) is 5.96 Å². The van der Waals surface area contributed by atoms with Crippen LogP contribution in [-0.4, -0.2) is 52.9 Å². The summed E-state index contributed by atoms with van der Waals surface area (Å²) >= 11 is 6.16. The molecule has 2 aliphatic heterocycles. The standard InChI is InChI=1S/C22H32ClN7/c1-2-24-22(25-12-10-21-28-27-20-9-4-3-5-13-30(20)21)26-18-11-14-29(16-18)19-8-6-7-17(23)15-19/h6-8,15,18H,2-5,9-14,16H2,1H3,(H2,24,25,26). The van der Waals surface area contributed by atoms with E-state index in [2.05, 4.69) is 43.3 Å². The van der Waals surface area contributed by atoms with Crippen LogP contribution in [0.4, 0.5) is 5.69 Å². The maximum atomic E-state index is 6.16. The number of anilines is 1. The van der Waals surface area contributed by atoms with Crippen molar-refractivity contribution in [3.8, 4) is 0 Å². The number of benzene rings is 1. The van der Waals surface area contributed by atoms with Crippen molar-refractivity contribution < 1.29 is 0 Å². The Morgan fingerprint density at radius 3 is 3.03 bits per heavy atom. The Labute approximate surface area is 183 Å². The molecule has 0 spiro atoms. The minimum Gasteiger partial charge on any atom is -0.369 e. The largest absolute Gasteiger partial charge is 0.369 e. The molecule has 0 aliphatic carbocycles. The summed E-state index contributed by atoms with van der Waals surface area (Å²) in [5.41, 5.74) is 1.18. The highest BCUT2D eigenvalue weighted by atomic mass is 35.5. The summed E-state index contributed by atoms with van der Waals surface area (Å²) < 4.78 is 2.31. The third-order valence-corrected chi connectivity index (χ3v) is 6.07. The van der Waals surface area contributed by atoms with Gasteiger partial charge in [0.25, 0.3) is 0 Å². The molecule has 0 radical (unpaired) electrons. The first-order chi connectivity index (χ1) is 14.7. The quantitative estimate of drug-likeness (QED) is 0.545. The van der Waals surface area contributed by atoms with Crippen molar-refractivity contribution in [2.75, 3.05) is 31.1 Å². The van der Waals surface area contributed by atoms with E-state index in [1.54, 1.807) is 0 Å². The van der Waals surface area contributed by atoms with E-state index in [0.29, 0.717) is 12.6 Å². The van der Waals surface area contributed by atoms with Gasteiger partial charge < -0.3 is 20.1 Å². The number of aromatic nitrogens is 3. The molecule has 4 rings (SSSR count). The van der Waals surface area contributed by atoms with Crippen molar-refractivity contribution in [3.63, 3.8) is 0 Å². The topological polar surface area (TPSA) is 70.4 Å². The van der Waals surface area contributed by atoms with Gasteiger partial charge in [0, 0.05) is 62.3 Å². The average molecular weight is 430 g/mol. The highest BCUT2D eigenvalue weighted by Gasteiger charge is 2.23. The molecule has 2 N–H and O–H groups in total. The van der Waals surface area contributed by atoms with Crippen LogP contribution in [0, 0.1) is 0 Å². The molecule has 162 valence electrons. The molecule has 1 atom stereocenters. The molecule has 2 aliphatic rings. The van der Waals surface area contributed by atoms with Gasteiger partial charge in [0.1, 0.15) is 11.6 Å². The fraction of sp³-hybridized carbons (Fsp3) is 0.591. The van der Waals surface area contributed by atoms with Crippen LogP contribution >= 0.6 is 11.6 Å². The summed E-state index contributed by atoms with van der Waals surface area (Å²) in [4.78, 5) is 7.18. The number of rotatable bonds is 6. The number of hydrogen-bond acceptors (Lipinski definition) is 4. The van der Waals surface area contributed by atoms with Gasteiger partial charge in [-0.3, -0.25) is 4.99 Å². The molecule has 0 bridgehead atoms. The van der Waals surface area contributed by atoms with E-state index in [-0.39, 0.29) is 0 Å². The molecule has 1 unspecified atom stereocenters. The maximum Gasteiger partial charge on any atom is 0.191 e. The summed E-state index contributed by atoms with van der Waals surface area (Å²) in [7, 11) is 0. The van der Waals surface area contributed by atoms with Gasteiger partial charge in [0.2, 0.25) is 0 Å². The monoisotopic (exact) mass is 429 g/mol. The molecule has 30 heavy (non-hydrogen) atoms. The molecule has 1 aromatic carbocycles. The second-order valence-corrected chi connectivity index (χ2v) is 8.50. The zero-order valence-corrected chi connectivity index (χ0v) is 18.5. The first kappa shape index (κ1) is 21.0. The molecule has 8 heteroatoms. The highest BCUT2D eigenvalue weighted by Crippen LogP contribution is 2.23. The minimum atomic E-state index is 0.367. The van der Waals surface area contributed by atoms with Crippen LogP contribution in [0.5, 0.6) is 0 Å². The van der Waals surface area contributed by atoms with E-state index in [9.17, 15) is 0 Å². The Kier molecular flexibility index (Phi) is 7.10. The smallest absolute Gasteiger partial charge is 0.191 e. The van der Waals surface area contributed by atoms with Crippen molar-refractivity contribution in [1.29, 1.82) is 0 Å². The third-order valence-electron chi connectivity index (χ3n) is 5.84. The van der Waals surface area contributed by atoms with Gasteiger partial charge in [-0.1, -0.05) is 24.1 Å². The van der Waals surface area contributed by atoms with E-state index in [1.165, 1.54) is 24.9 Å². The first-order valence-electron chi connectivity index (χ1n) is 11.2. The lowest BCUT2D eigenvalue weighted by Crippen LogP contribution is -2.44. The van der Waals surface area contributed by atoms with E-state index < -0.39 is 0 Å². The highest BCUT2D eigenvalue weighted by molar-refractivity contribution is 6.30. The summed E-state index contributed by atoms with van der Waals surface area (Å²) in [6.45, 7) is 6.66. The van der Waals surface area contributed by atoms with E-state index in [1.807, 2.05) is 18.2 Å². The molecule has 1 saturated heterocycles. The van der Waals surface area contributed by atoms with Gasteiger partial charge in [-0.15, -0.1) is 10.2 Å². The van der Waals surface area contributed by atoms with Crippen LogP contribution in [0.15, 0.2) is 29.3 Å². The second-order valence-electron chi connectivity index (χ2n) is 8.06. The van der Waals surface area contributed by atoms with E-state index in [4.69, 9.17) is 16.6 Å². The minimum absolute atomic E-state index is 0.367. The number of halogens is 1. The van der Waals surface area contributed by atoms with Crippen LogP contribution in [0.3, 0.4) is 0 Å². The zero-order chi connectivity index (χ0) is 20.8. The van der Waals surface area contributed by atoms with Crippen LogP contribution in [0.2, 0.25) is 5.02 Å². The Bertz CT molecular complexity index is 863. The van der Waals surface area contributed by atoms with E-state index in [0.717, 1.165) is 68.1 Å². The van der Waals surface area contributed by atoms with Crippen molar-refractivity contribution in [2.45, 2.75) is 58.0 Å². The van der Waals surface area contributed by atoms with Crippen LogP contribution < -0.4 is 15.5 Å². The Morgan fingerprint density at radius 2 is 2.17 bits per heavy atom. The van der Waals surface area contributed by atoms with Gasteiger partial charge in [-0.2, -0.15) is 0 Å². The molecular weight excluding hydrogens is 398 g/mol. The average Bonchev–Trinajstić information content (AvgIpc) is 3.28. The van der Waals surface area contributed by atoms with Crippen LogP contribution in [0.25, 0.3) is 0 Å². The lowest BCUT2D eigenvalue weighted by Gasteiger charge is -2.20. The first-order valence-corrected chi connectivity index (χ1v) is 11.6.